The zero-order valence-electron chi connectivity index (χ0n) is 16.0. The summed E-state index contributed by atoms with van der Waals surface area (Å²) in [6, 6.07) is 13.1. The minimum atomic E-state index is -0.683. The number of anilines is 1. The Balaban J connectivity index is 2.07. The van der Waals surface area contributed by atoms with Gasteiger partial charge in [0, 0.05) is 23.9 Å². The van der Waals surface area contributed by atoms with E-state index < -0.39 is 6.04 Å². The first-order chi connectivity index (χ1) is 12.8. The first-order valence-electron chi connectivity index (χ1n) is 8.82. The highest BCUT2D eigenvalue weighted by Crippen LogP contribution is 2.13. The van der Waals surface area contributed by atoms with Crippen molar-refractivity contribution in [2.75, 3.05) is 12.4 Å². The molecule has 2 aromatic carbocycles. The highest BCUT2D eigenvalue weighted by molar-refractivity contribution is 6.01. The Bertz CT molecular complexity index is 812. The van der Waals surface area contributed by atoms with Crippen molar-refractivity contribution in [2.45, 2.75) is 26.8 Å². The molecule has 0 aromatic heterocycles. The van der Waals surface area contributed by atoms with Crippen molar-refractivity contribution in [3.8, 4) is 0 Å². The lowest BCUT2D eigenvalue weighted by molar-refractivity contribution is -0.118. The van der Waals surface area contributed by atoms with Gasteiger partial charge in [0.1, 0.15) is 6.04 Å². The van der Waals surface area contributed by atoms with Gasteiger partial charge in [-0.2, -0.15) is 0 Å². The molecule has 0 fully saturated rings. The van der Waals surface area contributed by atoms with Crippen LogP contribution in [-0.2, 0) is 4.79 Å². The highest BCUT2D eigenvalue weighted by Gasteiger charge is 2.24. The van der Waals surface area contributed by atoms with Crippen LogP contribution < -0.4 is 16.0 Å². The monoisotopic (exact) mass is 367 g/mol. The second kappa shape index (κ2) is 8.98. The molecular weight excluding hydrogens is 342 g/mol. The van der Waals surface area contributed by atoms with Crippen LogP contribution in [0.25, 0.3) is 0 Å². The SMILES string of the molecule is CNC(=O)c1ccc(NC(=O)C(NC(=O)c2ccc(C)cc2)C(C)C)cc1. The first-order valence-corrected chi connectivity index (χ1v) is 8.82. The number of aryl methyl sites for hydroxylation is 1. The van der Waals surface area contributed by atoms with Gasteiger partial charge in [-0.15, -0.1) is 0 Å². The molecule has 3 N–H and O–H groups in total. The van der Waals surface area contributed by atoms with E-state index in [1.807, 2.05) is 32.9 Å². The molecule has 1 unspecified atom stereocenters. The number of nitrogens with one attached hydrogen (secondary N) is 3. The molecule has 2 rings (SSSR count). The Morgan fingerprint density at radius 2 is 1.33 bits per heavy atom. The third-order valence-corrected chi connectivity index (χ3v) is 4.19. The Morgan fingerprint density at radius 1 is 0.815 bits per heavy atom. The Labute approximate surface area is 159 Å². The van der Waals surface area contributed by atoms with E-state index >= 15 is 0 Å². The summed E-state index contributed by atoms with van der Waals surface area (Å²) < 4.78 is 0. The van der Waals surface area contributed by atoms with Crippen molar-refractivity contribution in [1.82, 2.24) is 10.6 Å². The number of hydrogen-bond donors (Lipinski definition) is 3. The van der Waals surface area contributed by atoms with Gasteiger partial charge in [-0.1, -0.05) is 31.5 Å². The third kappa shape index (κ3) is 5.41. The molecule has 0 heterocycles. The van der Waals surface area contributed by atoms with Gasteiger partial charge >= 0.3 is 0 Å². The number of carbonyl (C=O) groups excluding carboxylic acids is 3. The molecule has 0 aliphatic heterocycles. The topological polar surface area (TPSA) is 87.3 Å². The van der Waals surface area contributed by atoms with Gasteiger partial charge in [0.2, 0.25) is 5.91 Å². The lowest BCUT2D eigenvalue weighted by Crippen LogP contribution is -2.47. The van der Waals surface area contributed by atoms with Gasteiger partial charge in [0.15, 0.2) is 0 Å². The largest absolute Gasteiger partial charge is 0.355 e. The van der Waals surface area contributed by atoms with Crippen molar-refractivity contribution in [2.24, 2.45) is 5.92 Å². The zero-order chi connectivity index (χ0) is 20.0. The van der Waals surface area contributed by atoms with E-state index in [0.29, 0.717) is 16.8 Å². The average molecular weight is 367 g/mol. The third-order valence-electron chi connectivity index (χ3n) is 4.19. The lowest BCUT2D eigenvalue weighted by Gasteiger charge is -2.22. The summed E-state index contributed by atoms with van der Waals surface area (Å²) in [6.45, 7) is 5.68. The number of hydrogen-bond acceptors (Lipinski definition) is 3. The van der Waals surface area contributed by atoms with Gasteiger partial charge in [0.05, 0.1) is 0 Å². The molecule has 0 bridgehead atoms. The predicted octanol–water partition coefficient (Wildman–Crippen LogP) is 2.75. The predicted molar refractivity (Wildman–Crippen MR) is 106 cm³/mol. The van der Waals surface area contributed by atoms with Crippen molar-refractivity contribution in [3.63, 3.8) is 0 Å². The fourth-order valence-electron chi connectivity index (χ4n) is 2.53. The number of amides is 3. The second-order valence-corrected chi connectivity index (χ2v) is 6.71. The summed E-state index contributed by atoms with van der Waals surface area (Å²) in [6.07, 6.45) is 0. The molecule has 6 nitrogen and oxygen atoms in total. The Hall–Kier alpha value is -3.15. The fourth-order valence-corrected chi connectivity index (χ4v) is 2.53. The molecule has 0 aliphatic carbocycles. The minimum absolute atomic E-state index is 0.0930. The van der Waals surface area contributed by atoms with Gasteiger partial charge < -0.3 is 16.0 Å². The van der Waals surface area contributed by atoms with E-state index in [2.05, 4.69) is 16.0 Å². The second-order valence-electron chi connectivity index (χ2n) is 6.71. The van der Waals surface area contributed by atoms with Crippen LogP contribution in [0.1, 0.15) is 40.1 Å². The molecule has 6 heteroatoms. The van der Waals surface area contributed by atoms with Crippen molar-refractivity contribution >= 4 is 23.4 Å². The van der Waals surface area contributed by atoms with Crippen LogP contribution in [0, 0.1) is 12.8 Å². The van der Waals surface area contributed by atoms with Crippen LogP contribution in [0.4, 0.5) is 5.69 Å². The van der Waals surface area contributed by atoms with Gasteiger partial charge in [-0.25, -0.2) is 0 Å². The quantitative estimate of drug-likeness (QED) is 0.734. The Kier molecular flexibility index (Phi) is 6.71. The molecular formula is C21H25N3O3. The summed E-state index contributed by atoms with van der Waals surface area (Å²) in [5, 5.41) is 8.13. The van der Waals surface area contributed by atoms with E-state index in [-0.39, 0.29) is 23.6 Å². The molecule has 0 saturated carbocycles. The van der Waals surface area contributed by atoms with Gasteiger partial charge in [0.25, 0.3) is 11.8 Å². The van der Waals surface area contributed by atoms with Crippen molar-refractivity contribution < 1.29 is 14.4 Å². The maximum Gasteiger partial charge on any atom is 0.251 e. The molecule has 142 valence electrons. The molecule has 0 radical (unpaired) electrons. The van der Waals surface area contributed by atoms with Crippen molar-refractivity contribution in [1.29, 1.82) is 0 Å². The maximum atomic E-state index is 12.6. The summed E-state index contributed by atoms with van der Waals surface area (Å²) in [5.41, 5.74) is 2.63. The lowest BCUT2D eigenvalue weighted by atomic mass is 10.0. The molecule has 27 heavy (non-hydrogen) atoms. The summed E-state index contributed by atoms with van der Waals surface area (Å²) in [5.74, 6) is -0.889. The van der Waals surface area contributed by atoms with Crippen LogP contribution >= 0.6 is 0 Å². The van der Waals surface area contributed by atoms with Crippen LogP contribution in [-0.4, -0.2) is 30.8 Å². The summed E-state index contributed by atoms with van der Waals surface area (Å²) in [4.78, 5) is 36.7. The smallest absolute Gasteiger partial charge is 0.251 e. The van der Waals surface area contributed by atoms with Crippen LogP contribution in [0.5, 0.6) is 0 Å². The molecule has 1 atom stereocenters. The van der Waals surface area contributed by atoms with Gasteiger partial charge in [-0.05, 0) is 49.2 Å². The maximum absolute atomic E-state index is 12.6. The molecule has 0 saturated heterocycles. The standard InChI is InChI=1S/C21H25N3O3/c1-13(2)18(24-20(26)16-7-5-14(3)6-8-16)21(27)23-17-11-9-15(10-12-17)19(25)22-4/h5-13,18H,1-4H3,(H,22,25)(H,23,27)(H,24,26). The van der Waals surface area contributed by atoms with Crippen molar-refractivity contribution in [3.05, 3.63) is 65.2 Å². The van der Waals surface area contributed by atoms with Gasteiger partial charge in [-0.3, -0.25) is 14.4 Å². The van der Waals surface area contributed by atoms with Crippen LogP contribution in [0.15, 0.2) is 48.5 Å². The van der Waals surface area contributed by atoms with E-state index in [1.54, 1.807) is 43.4 Å². The average Bonchev–Trinajstić information content (AvgIpc) is 2.66. The summed E-state index contributed by atoms with van der Waals surface area (Å²) >= 11 is 0. The Morgan fingerprint density at radius 3 is 1.85 bits per heavy atom. The first kappa shape index (κ1) is 20.2. The molecule has 3 amide bonds. The number of carbonyl (C=O) groups is 3. The molecule has 0 aliphatic rings. The van der Waals surface area contributed by atoms with E-state index in [0.717, 1.165) is 5.56 Å². The zero-order valence-corrected chi connectivity index (χ0v) is 16.0. The van der Waals surface area contributed by atoms with E-state index in [9.17, 15) is 14.4 Å². The molecule has 2 aromatic rings. The van der Waals surface area contributed by atoms with E-state index in [4.69, 9.17) is 0 Å². The number of benzene rings is 2. The van der Waals surface area contributed by atoms with E-state index in [1.165, 1.54) is 0 Å². The normalized spacial score (nSPS) is 11.6. The molecule has 0 spiro atoms. The van der Waals surface area contributed by atoms with Crippen LogP contribution in [0.3, 0.4) is 0 Å². The summed E-state index contributed by atoms with van der Waals surface area (Å²) in [7, 11) is 1.56. The van der Waals surface area contributed by atoms with Crippen LogP contribution in [0.2, 0.25) is 0 Å². The minimum Gasteiger partial charge on any atom is -0.355 e. The highest BCUT2D eigenvalue weighted by atomic mass is 16.2. The fraction of sp³-hybridized carbons (Fsp3) is 0.286. The number of rotatable bonds is 6.